The summed E-state index contributed by atoms with van der Waals surface area (Å²) in [4.78, 5) is 13.2. The van der Waals surface area contributed by atoms with Gasteiger partial charge in [0.15, 0.2) is 5.78 Å². The Labute approximate surface area is 214 Å². The van der Waals surface area contributed by atoms with Crippen LogP contribution < -0.4 is 9.47 Å². The number of hydrogen-bond acceptors (Lipinski definition) is 4. The van der Waals surface area contributed by atoms with Crippen LogP contribution in [0.2, 0.25) is 0 Å². The molecule has 1 aromatic heterocycles. The minimum absolute atomic E-state index is 0.0461. The van der Waals surface area contributed by atoms with Crippen molar-refractivity contribution in [3.63, 3.8) is 0 Å². The molecule has 186 valence electrons. The van der Waals surface area contributed by atoms with Crippen LogP contribution in [0, 0.1) is 0 Å². The topological polar surface area (TPSA) is 48.7 Å². The Kier molecular flexibility index (Phi) is 4.64. The van der Waals surface area contributed by atoms with Crippen molar-refractivity contribution in [1.82, 2.24) is 0 Å². The van der Waals surface area contributed by atoms with Crippen LogP contribution in [0.25, 0.3) is 33.4 Å². The zero-order chi connectivity index (χ0) is 26.1. The molecule has 7 rings (SSSR count). The van der Waals surface area contributed by atoms with E-state index >= 15 is 0 Å². The zero-order valence-corrected chi connectivity index (χ0v) is 19.6. The maximum absolute atomic E-state index is 13.6. The summed E-state index contributed by atoms with van der Waals surface area (Å²) < 4.78 is 59.6. The van der Waals surface area contributed by atoms with E-state index in [4.69, 9.17) is 13.9 Å². The van der Waals surface area contributed by atoms with Crippen molar-refractivity contribution >= 4 is 16.6 Å². The minimum atomic E-state index is -4.54. The van der Waals surface area contributed by atoms with E-state index in [0.717, 1.165) is 16.8 Å². The number of benzene rings is 4. The maximum Gasteiger partial charge on any atom is 0.417 e. The van der Waals surface area contributed by atoms with Crippen LogP contribution in [-0.4, -0.2) is 5.78 Å². The molecular weight excluding hydrogens is 493 g/mol. The highest BCUT2D eigenvalue weighted by Crippen LogP contribution is 2.49. The highest BCUT2D eigenvalue weighted by molar-refractivity contribution is 6.11. The van der Waals surface area contributed by atoms with Gasteiger partial charge in [-0.3, -0.25) is 4.79 Å². The van der Waals surface area contributed by atoms with Crippen molar-refractivity contribution in [3.8, 4) is 34.1 Å². The predicted octanol–water partition coefficient (Wildman–Crippen LogP) is 8.16. The Hall–Kier alpha value is -4.78. The number of rotatable bonds is 2. The number of ketones is 1. The molecular formula is C31H17F3O4. The maximum atomic E-state index is 13.6. The molecule has 0 saturated heterocycles. The summed E-state index contributed by atoms with van der Waals surface area (Å²) in [5.41, 5.74) is 0.318. The summed E-state index contributed by atoms with van der Waals surface area (Å²) in [5.74, 6) is -0.164. The van der Waals surface area contributed by atoms with E-state index in [9.17, 15) is 18.0 Å². The van der Waals surface area contributed by atoms with E-state index in [-0.39, 0.29) is 22.9 Å². The average molecular weight is 510 g/mol. The SMILES string of the molecule is O=C1C=CC2(Oc3cccc4cccc(c34)O2)c2cccc(-c3ccc(-c4ccccc4C(F)(F)F)o3)c21. The van der Waals surface area contributed by atoms with Crippen molar-refractivity contribution < 1.29 is 31.9 Å². The lowest BCUT2D eigenvalue weighted by Crippen LogP contribution is -2.42. The molecule has 2 heterocycles. The molecule has 0 amide bonds. The lowest BCUT2D eigenvalue weighted by Gasteiger charge is -2.39. The number of carbonyl (C=O) groups is 1. The molecule has 1 aliphatic carbocycles. The van der Waals surface area contributed by atoms with E-state index < -0.39 is 17.5 Å². The molecule has 0 saturated carbocycles. The van der Waals surface area contributed by atoms with Gasteiger partial charge in [0, 0.05) is 22.8 Å². The van der Waals surface area contributed by atoms with Crippen molar-refractivity contribution in [2.24, 2.45) is 0 Å². The zero-order valence-electron chi connectivity index (χ0n) is 19.6. The Balaban J connectivity index is 1.36. The molecule has 38 heavy (non-hydrogen) atoms. The Morgan fingerprint density at radius 1 is 0.684 bits per heavy atom. The average Bonchev–Trinajstić information content (AvgIpc) is 3.41. The van der Waals surface area contributed by atoms with Gasteiger partial charge >= 0.3 is 6.18 Å². The largest absolute Gasteiger partial charge is 0.456 e. The van der Waals surface area contributed by atoms with Gasteiger partial charge in [0.1, 0.15) is 23.0 Å². The van der Waals surface area contributed by atoms with E-state index in [1.54, 1.807) is 30.3 Å². The molecule has 2 aliphatic rings. The molecule has 0 radical (unpaired) electrons. The Morgan fingerprint density at radius 2 is 1.32 bits per heavy atom. The number of furan rings is 1. The summed E-state index contributed by atoms with van der Waals surface area (Å²) in [6, 6.07) is 24.8. The lowest BCUT2D eigenvalue weighted by atomic mass is 9.86. The first-order valence-corrected chi connectivity index (χ1v) is 11.9. The van der Waals surface area contributed by atoms with Crippen LogP contribution in [0.15, 0.2) is 108 Å². The second-order valence-electron chi connectivity index (χ2n) is 9.11. The van der Waals surface area contributed by atoms with Crippen molar-refractivity contribution in [1.29, 1.82) is 0 Å². The second-order valence-corrected chi connectivity index (χ2v) is 9.11. The Morgan fingerprint density at radius 3 is 2.03 bits per heavy atom. The van der Waals surface area contributed by atoms with Gasteiger partial charge in [-0.15, -0.1) is 0 Å². The fourth-order valence-corrected chi connectivity index (χ4v) is 5.21. The number of ether oxygens (including phenoxy) is 2. The fraction of sp³-hybridized carbons (Fsp3) is 0.0645. The third kappa shape index (κ3) is 3.28. The monoisotopic (exact) mass is 510 g/mol. The van der Waals surface area contributed by atoms with E-state index in [2.05, 4.69) is 0 Å². The summed E-state index contributed by atoms with van der Waals surface area (Å²) in [7, 11) is 0. The number of halogens is 3. The van der Waals surface area contributed by atoms with Gasteiger partial charge in [-0.25, -0.2) is 0 Å². The van der Waals surface area contributed by atoms with E-state index in [1.807, 2.05) is 36.4 Å². The van der Waals surface area contributed by atoms with E-state index in [1.165, 1.54) is 30.3 Å². The van der Waals surface area contributed by atoms with Crippen LogP contribution in [0.1, 0.15) is 21.5 Å². The van der Waals surface area contributed by atoms with E-state index in [0.29, 0.717) is 28.2 Å². The van der Waals surface area contributed by atoms with Gasteiger partial charge in [0.05, 0.1) is 16.5 Å². The standard InChI is InChI=1S/C31H17F3O4/c32-31(33,34)21-10-2-1-8-19(21)24-14-15-25(36-24)20-9-5-11-22-29(20)23(35)16-17-30(22)37-26-12-3-6-18-7-4-13-27(38-30)28(18)26/h1-17H. The summed E-state index contributed by atoms with van der Waals surface area (Å²) in [6.07, 6.45) is -1.57. The van der Waals surface area contributed by atoms with Gasteiger partial charge in [0.2, 0.25) is 0 Å². The second kappa shape index (κ2) is 7.86. The molecule has 7 heteroatoms. The molecule has 1 spiro atoms. The summed E-state index contributed by atoms with van der Waals surface area (Å²) >= 11 is 0. The number of fused-ring (bicyclic) bond motifs is 2. The molecule has 0 N–H and O–H groups in total. The van der Waals surface area contributed by atoms with Gasteiger partial charge in [-0.05, 0) is 41.8 Å². The van der Waals surface area contributed by atoms with Gasteiger partial charge in [-0.1, -0.05) is 60.7 Å². The number of alkyl halides is 3. The normalized spacial score (nSPS) is 15.3. The molecule has 1 aliphatic heterocycles. The van der Waals surface area contributed by atoms with Crippen molar-refractivity contribution in [2.45, 2.75) is 12.0 Å². The smallest absolute Gasteiger partial charge is 0.417 e. The fourth-order valence-electron chi connectivity index (χ4n) is 5.21. The summed E-state index contributed by atoms with van der Waals surface area (Å²) in [5, 5.41) is 1.80. The van der Waals surface area contributed by atoms with Crippen LogP contribution in [0.5, 0.6) is 11.5 Å². The van der Waals surface area contributed by atoms with Crippen LogP contribution in [0.3, 0.4) is 0 Å². The summed E-state index contributed by atoms with van der Waals surface area (Å²) in [6.45, 7) is 0. The van der Waals surface area contributed by atoms with Gasteiger partial charge in [0.25, 0.3) is 5.79 Å². The van der Waals surface area contributed by atoms with Crippen LogP contribution in [-0.2, 0) is 12.0 Å². The highest BCUT2D eigenvalue weighted by atomic mass is 19.4. The molecule has 4 nitrogen and oxygen atoms in total. The minimum Gasteiger partial charge on any atom is -0.456 e. The van der Waals surface area contributed by atoms with Crippen LogP contribution >= 0.6 is 0 Å². The third-order valence-electron chi connectivity index (χ3n) is 6.86. The molecule has 4 aromatic carbocycles. The van der Waals surface area contributed by atoms with Gasteiger partial charge < -0.3 is 13.9 Å². The quantitative estimate of drug-likeness (QED) is 0.240. The molecule has 5 aromatic rings. The molecule has 0 unspecified atom stereocenters. The van der Waals surface area contributed by atoms with Crippen LogP contribution in [0.4, 0.5) is 13.2 Å². The third-order valence-corrected chi connectivity index (χ3v) is 6.86. The lowest BCUT2D eigenvalue weighted by molar-refractivity contribution is -0.137. The van der Waals surface area contributed by atoms with Gasteiger partial charge in [-0.2, -0.15) is 13.2 Å². The first-order valence-electron chi connectivity index (χ1n) is 11.9. The number of hydrogen-bond donors (Lipinski definition) is 0. The van der Waals surface area contributed by atoms with Crippen molar-refractivity contribution in [3.05, 3.63) is 120 Å². The number of allylic oxidation sites excluding steroid dienone is 1. The first kappa shape index (κ1) is 22.4. The molecule has 0 atom stereocenters. The van der Waals surface area contributed by atoms with Crippen molar-refractivity contribution in [2.75, 3.05) is 0 Å². The number of carbonyl (C=O) groups excluding carboxylic acids is 1. The predicted molar refractivity (Wildman–Crippen MR) is 135 cm³/mol. The Bertz CT molecular complexity index is 1750. The first-order chi connectivity index (χ1) is 18.3. The molecule has 0 fully saturated rings. The molecule has 0 bridgehead atoms. The highest BCUT2D eigenvalue weighted by Gasteiger charge is 2.45.